The standard InChI is InChI=1S/C12H8Cl5N3O3/c1-2-22-11(21)23-10-18-9(12(15,16)17)20(19-10)8-4-3-6(13)5-7(8)14/h3-5H,2H2,1H3. The molecule has 0 radical (unpaired) electrons. The molecule has 0 unspecified atom stereocenters. The number of aromatic nitrogens is 3. The van der Waals surface area contributed by atoms with E-state index in [-0.39, 0.29) is 23.5 Å². The van der Waals surface area contributed by atoms with Crippen molar-refractivity contribution in [1.29, 1.82) is 0 Å². The zero-order valence-corrected chi connectivity index (χ0v) is 15.2. The molecule has 0 amide bonds. The molecule has 124 valence electrons. The second-order valence-electron chi connectivity index (χ2n) is 4.01. The molecule has 0 fully saturated rings. The largest absolute Gasteiger partial charge is 0.516 e. The van der Waals surface area contributed by atoms with Gasteiger partial charge in [-0.05, 0) is 25.1 Å². The van der Waals surface area contributed by atoms with Crippen molar-refractivity contribution >= 4 is 64.2 Å². The van der Waals surface area contributed by atoms with Crippen LogP contribution in [0.1, 0.15) is 12.7 Å². The van der Waals surface area contributed by atoms with E-state index in [2.05, 4.69) is 14.8 Å². The monoisotopic (exact) mass is 417 g/mol. The van der Waals surface area contributed by atoms with Crippen LogP contribution in [0, 0.1) is 0 Å². The van der Waals surface area contributed by atoms with Gasteiger partial charge in [-0.25, -0.2) is 9.48 Å². The first-order valence-corrected chi connectivity index (χ1v) is 7.95. The van der Waals surface area contributed by atoms with Crippen molar-refractivity contribution in [3.63, 3.8) is 0 Å². The molecule has 0 saturated carbocycles. The van der Waals surface area contributed by atoms with Crippen LogP contribution in [0.5, 0.6) is 6.01 Å². The summed E-state index contributed by atoms with van der Waals surface area (Å²) < 4.78 is 8.64. The molecular formula is C12H8Cl5N3O3. The lowest BCUT2D eigenvalue weighted by molar-refractivity contribution is 0.101. The summed E-state index contributed by atoms with van der Waals surface area (Å²) in [7, 11) is 0. The fourth-order valence-electron chi connectivity index (χ4n) is 1.56. The number of carbonyl (C=O) groups is 1. The van der Waals surface area contributed by atoms with Crippen molar-refractivity contribution in [2.45, 2.75) is 10.7 Å². The molecule has 0 saturated heterocycles. The van der Waals surface area contributed by atoms with Crippen molar-refractivity contribution in [3.8, 4) is 11.7 Å². The van der Waals surface area contributed by atoms with Gasteiger partial charge in [0, 0.05) is 5.02 Å². The van der Waals surface area contributed by atoms with E-state index in [4.69, 9.17) is 62.7 Å². The van der Waals surface area contributed by atoms with Gasteiger partial charge in [0.15, 0.2) is 5.82 Å². The first-order valence-electron chi connectivity index (χ1n) is 6.06. The summed E-state index contributed by atoms with van der Waals surface area (Å²) in [6, 6.07) is 4.25. The number of hydrogen-bond acceptors (Lipinski definition) is 5. The lowest BCUT2D eigenvalue weighted by atomic mass is 10.3. The van der Waals surface area contributed by atoms with E-state index in [0.29, 0.717) is 10.7 Å². The van der Waals surface area contributed by atoms with E-state index in [1.807, 2.05) is 0 Å². The molecule has 0 aliphatic rings. The third kappa shape index (κ3) is 4.55. The van der Waals surface area contributed by atoms with Crippen molar-refractivity contribution in [2.24, 2.45) is 0 Å². The SMILES string of the molecule is CCOC(=O)Oc1nc(C(Cl)(Cl)Cl)n(-c2ccc(Cl)cc2Cl)n1. The number of halogens is 5. The molecule has 1 aromatic heterocycles. The van der Waals surface area contributed by atoms with Crippen LogP contribution in [0.25, 0.3) is 5.69 Å². The van der Waals surface area contributed by atoms with Crippen LogP contribution < -0.4 is 4.74 Å². The van der Waals surface area contributed by atoms with Gasteiger partial charge in [-0.1, -0.05) is 58.0 Å². The Morgan fingerprint density at radius 2 is 2.00 bits per heavy atom. The van der Waals surface area contributed by atoms with Crippen molar-refractivity contribution in [3.05, 3.63) is 34.1 Å². The van der Waals surface area contributed by atoms with Crippen LogP contribution in [0.3, 0.4) is 0 Å². The van der Waals surface area contributed by atoms with Crippen LogP contribution in [0.4, 0.5) is 4.79 Å². The van der Waals surface area contributed by atoms with E-state index in [1.54, 1.807) is 19.1 Å². The van der Waals surface area contributed by atoms with Gasteiger partial charge < -0.3 is 9.47 Å². The predicted octanol–water partition coefficient (Wildman–Crippen LogP) is 4.94. The maximum Gasteiger partial charge on any atom is 0.516 e. The molecule has 1 heterocycles. The molecule has 6 nitrogen and oxygen atoms in total. The van der Waals surface area contributed by atoms with Crippen molar-refractivity contribution in [1.82, 2.24) is 14.8 Å². The number of rotatable bonds is 3. The van der Waals surface area contributed by atoms with Crippen LogP contribution >= 0.6 is 58.0 Å². The predicted molar refractivity (Wildman–Crippen MR) is 88.3 cm³/mol. The molecular weight excluding hydrogens is 411 g/mol. The lowest BCUT2D eigenvalue weighted by Gasteiger charge is -2.12. The lowest BCUT2D eigenvalue weighted by Crippen LogP contribution is -2.12. The minimum Gasteiger partial charge on any atom is -0.434 e. The summed E-state index contributed by atoms with van der Waals surface area (Å²) in [5, 5.41) is 4.61. The van der Waals surface area contributed by atoms with Gasteiger partial charge in [-0.2, -0.15) is 4.98 Å². The summed E-state index contributed by atoms with van der Waals surface area (Å²) in [5.41, 5.74) is 0.337. The molecule has 11 heteroatoms. The Balaban J connectivity index is 2.49. The second kappa shape index (κ2) is 7.32. The molecule has 2 rings (SSSR count). The van der Waals surface area contributed by atoms with Crippen LogP contribution in [-0.4, -0.2) is 27.5 Å². The minimum atomic E-state index is -1.94. The maximum atomic E-state index is 11.4. The van der Waals surface area contributed by atoms with Gasteiger partial charge in [0.1, 0.15) is 0 Å². The van der Waals surface area contributed by atoms with Gasteiger partial charge in [0.2, 0.25) is 3.79 Å². The van der Waals surface area contributed by atoms with E-state index in [0.717, 1.165) is 4.68 Å². The van der Waals surface area contributed by atoms with Gasteiger partial charge in [0.25, 0.3) is 0 Å². The third-order valence-corrected chi connectivity index (χ3v) is 3.46. The third-order valence-electron chi connectivity index (χ3n) is 2.42. The number of ether oxygens (including phenoxy) is 2. The first-order chi connectivity index (χ1) is 10.7. The molecule has 0 bridgehead atoms. The Kier molecular flexibility index (Phi) is 5.86. The van der Waals surface area contributed by atoms with Crippen LogP contribution in [-0.2, 0) is 8.53 Å². The Hall–Kier alpha value is -0.920. The molecule has 1 aromatic carbocycles. The zero-order chi connectivity index (χ0) is 17.2. The van der Waals surface area contributed by atoms with Gasteiger partial charge in [-0.15, -0.1) is 5.10 Å². The fourth-order valence-corrected chi connectivity index (χ4v) is 2.42. The topological polar surface area (TPSA) is 66.2 Å². The summed E-state index contributed by atoms with van der Waals surface area (Å²) in [6.45, 7) is 1.74. The van der Waals surface area contributed by atoms with Crippen molar-refractivity contribution < 1.29 is 14.3 Å². The second-order valence-corrected chi connectivity index (χ2v) is 7.13. The summed E-state index contributed by atoms with van der Waals surface area (Å²) >= 11 is 29.6. The van der Waals surface area contributed by atoms with Crippen molar-refractivity contribution in [2.75, 3.05) is 6.61 Å². The number of hydrogen-bond donors (Lipinski definition) is 0. The highest BCUT2D eigenvalue weighted by atomic mass is 35.6. The van der Waals surface area contributed by atoms with E-state index in [9.17, 15) is 4.79 Å². The molecule has 0 spiro atoms. The molecule has 0 atom stereocenters. The Morgan fingerprint density at radius 1 is 1.30 bits per heavy atom. The summed E-state index contributed by atoms with van der Waals surface area (Å²) in [5.74, 6) is -0.119. The highest BCUT2D eigenvalue weighted by Gasteiger charge is 2.33. The Labute approximate surface area is 156 Å². The molecule has 0 N–H and O–H groups in total. The van der Waals surface area contributed by atoms with Crippen LogP contribution in [0.15, 0.2) is 18.2 Å². The average Bonchev–Trinajstić information content (AvgIpc) is 2.82. The van der Waals surface area contributed by atoms with Gasteiger partial charge in [-0.3, -0.25) is 0 Å². The number of benzene rings is 1. The Morgan fingerprint density at radius 3 is 2.57 bits per heavy atom. The molecule has 0 aliphatic heterocycles. The highest BCUT2D eigenvalue weighted by molar-refractivity contribution is 6.66. The van der Waals surface area contributed by atoms with Gasteiger partial charge in [0.05, 0.1) is 17.3 Å². The first kappa shape index (κ1) is 18.4. The minimum absolute atomic E-state index is 0.119. The summed E-state index contributed by atoms with van der Waals surface area (Å²) in [6.07, 6.45) is -0.984. The maximum absolute atomic E-state index is 11.4. The van der Waals surface area contributed by atoms with Crippen LogP contribution in [0.2, 0.25) is 10.0 Å². The number of carbonyl (C=O) groups excluding carboxylic acids is 1. The van der Waals surface area contributed by atoms with E-state index < -0.39 is 9.95 Å². The smallest absolute Gasteiger partial charge is 0.434 e. The van der Waals surface area contributed by atoms with E-state index >= 15 is 0 Å². The Bertz CT molecular complexity index is 729. The van der Waals surface area contributed by atoms with E-state index in [1.165, 1.54) is 6.07 Å². The normalized spacial score (nSPS) is 11.4. The zero-order valence-electron chi connectivity index (χ0n) is 11.4. The molecule has 0 aliphatic carbocycles. The fraction of sp³-hybridized carbons (Fsp3) is 0.250. The highest BCUT2D eigenvalue weighted by Crippen LogP contribution is 2.39. The molecule has 23 heavy (non-hydrogen) atoms. The average molecular weight is 419 g/mol. The van der Waals surface area contributed by atoms with Gasteiger partial charge >= 0.3 is 12.2 Å². The summed E-state index contributed by atoms with van der Waals surface area (Å²) in [4.78, 5) is 15.2. The number of alkyl halides is 3. The number of nitrogens with zero attached hydrogens (tertiary/aromatic N) is 3. The quantitative estimate of drug-likeness (QED) is 0.521. The molecule has 2 aromatic rings.